The lowest BCUT2D eigenvalue weighted by atomic mass is 10.0. The summed E-state index contributed by atoms with van der Waals surface area (Å²) in [6.45, 7) is 5.70. The Morgan fingerprint density at radius 3 is 2.53 bits per heavy atom. The normalized spacial score (nSPS) is 10.7. The van der Waals surface area contributed by atoms with Crippen LogP contribution in [0.3, 0.4) is 0 Å². The molecule has 0 bridgehead atoms. The van der Waals surface area contributed by atoms with Crippen molar-refractivity contribution in [3.63, 3.8) is 0 Å². The molecule has 1 heterocycles. The fourth-order valence-electron chi connectivity index (χ4n) is 2.28. The Kier molecular flexibility index (Phi) is 4.27. The summed E-state index contributed by atoms with van der Waals surface area (Å²) in [6, 6.07) is 8.59. The van der Waals surface area contributed by atoms with E-state index in [9.17, 15) is 0 Å². The molecule has 0 saturated carbocycles. The molecule has 3 nitrogen and oxygen atoms in total. The van der Waals surface area contributed by atoms with Crippen LogP contribution >= 0.6 is 0 Å². The molecule has 19 heavy (non-hydrogen) atoms. The maximum atomic E-state index is 5.61. The molecule has 0 atom stereocenters. The van der Waals surface area contributed by atoms with Crippen LogP contribution in [0.1, 0.15) is 22.5 Å². The number of benzene rings is 1. The van der Waals surface area contributed by atoms with Gasteiger partial charge in [-0.3, -0.25) is 0 Å². The summed E-state index contributed by atoms with van der Waals surface area (Å²) in [5.41, 5.74) is 10.7. The summed E-state index contributed by atoms with van der Waals surface area (Å²) in [5, 5.41) is 0. The fraction of sp³-hybridized carbons (Fsp3) is 0.375. The van der Waals surface area contributed by atoms with E-state index < -0.39 is 0 Å². The molecule has 0 spiro atoms. The number of nitrogens with zero attached hydrogens (tertiary/aromatic N) is 1. The van der Waals surface area contributed by atoms with E-state index in [1.54, 1.807) is 6.26 Å². The molecule has 0 radical (unpaired) electrons. The summed E-state index contributed by atoms with van der Waals surface area (Å²) in [4.78, 5) is 2.23. The Morgan fingerprint density at radius 2 is 1.95 bits per heavy atom. The van der Waals surface area contributed by atoms with E-state index >= 15 is 0 Å². The van der Waals surface area contributed by atoms with Crippen LogP contribution in [0, 0.1) is 13.8 Å². The lowest BCUT2D eigenvalue weighted by Gasteiger charge is -2.20. The molecule has 2 aromatic rings. The van der Waals surface area contributed by atoms with Gasteiger partial charge in [0.25, 0.3) is 0 Å². The second kappa shape index (κ2) is 5.93. The first-order chi connectivity index (χ1) is 9.11. The zero-order valence-electron chi connectivity index (χ0n) is 11.9. The fourth-order valence-corrected chi connectivity index (χ4v) is 2.28. The molecule has 0 aliphatic rings. The number of furan rings is 1. The third-order valence-corrected chi connectivity index (χ3v) is 3.55. The monoisotopic (exact) mass is 258 g/mol. The van der Waals surface area contributed by atoms with E-state index in [0.717, 1.165) is 18.7 Å². The van der Waals surface area contributed by atoms with Crippen LogP contribution in [-0.4, -0.2) is 13.6 Å². The standard InChI is InChI=1S/C16H22N2O/c1-12-10-16(5-4-14(12)6-8-17)18(3)11-15-7-9-19-13(15)2/h4-5,7,9-10H,6,8,11,17H2,1-3H3. The highest BCUT2D eigenvalue weighted by molar-refractivity contribution is 5.50. The highest BCUT2D eigenvalue weighted by atomic mass is 16.3. The zero-order valence-corrected chi connectivity index (χ0v) is 11.9. The molecular weight excluding hydrogens is 236 g/mol. The van der Waals surface area contributed by atoms with Gasteiger partial charge in [0, 0.05) is 24.8 Å². The first kappa shape index (κ1) is 13.7. The number of hydrogen-bond acceptors (Lipinski definition) is 3. The van der Waals surface area contributed by atoms with Gasteiger partial charge in [0.2, 0.25) is 0 Å². The second-order valence-corrected chi connectivity index (χ2v) is 5.01. The van der Waals surface area contributed by atoms with Crippen molar-refractivity contribution in [3.05, 3.63) is 53.0 Å². The van der Waals surface area contributed by atoms with Crippen LogP contribution in [0.2, 0.25) is 0 Å². The van der Waals surface area contributed by atoms with E-state index in [2.05, 4.69) is 37.1 Å². The minimum atomic E-state index is 0.699. The Labute approximate surface area is 115 Å². The van der Waals surface area contributed by atoms with Crippen LogP contribution in [0.15, 0.2) is 34.9 Å². The molecule has 3 heteroatoms. The SMILES string of the molecule is Cc1cc(N(C)Cc2ccoc2C)ccc1CCN. The van der Waals surface area contributed by atoms with Gasteiger partial charge in [0.15, 0.2) is 0 Å². The predicted octanol–water partition coefficient (Wildman–Crippen LogP) is 3.03. The van der Waals surface area contributed by atoms with Crippen LogP contribution < -0.4 is 10.6 Å². The van der Waals surface area contributed by atoms with Crippen LogP contribution in [0.5, 0.6) is 0 Å². The van der Waals surface area contributed by atoms with E-state index in [1.165, 1.54) is 22.4 Å². The number of rotatable bonds is 5. The molecule has 0 aliphatic heterocycles. The molecule has 2 N–H and O–H groups in total. The van der Waals surface area contributed by atoms with Crippen molar-refractivity contribution in [2.24, 2.45) is 5.73 Å². The van der Waals surface area contributed by atoms with Gasteiger partial charge in [-0.15, -0.1) is 0 Å². The van der Waals surface area contributed by atoms with Crippen LogP contribution in [0.4, 0.5) is 5.69 Å². The summed E-state index contributed by atoms with van der Waals surface area (Å²) in [6.07, 6.45) is 2.69. The number of hydrogen-bond donors (Lipinski definition) is 1. The summed E-state index contributed by atoms with van der Waals surface area (Å²) >= 11 is 0. The molecular formula is C16H22N2O. The summed E-state index contributed by atoms with van der Waals surface area (Å²) in [5.74, 6) is 0.989. The maximum absolute atomic E-state index is 5.61. The Morgan fingerprint density at radius 1 is 1.16 bits per heavy atom. The van der Waals surface area contributed by atoms with Gasteiger partial charge in [0.05, 0.1) is 6.26 Å². The maximum Gasteiger partial charge on any atom is 0.105 e. The van der Waals surface area contributed by atoms with Crippen LogP contribution in [-0.2, 0) is 13.0 Å². The molecule has 1 aromatic carbocycles. The molecule has 0 unspecified atom stereocenters. The Balaban J connectivity index is 2.13. The minimum absolute atomic E-state index is 0.699. The molecule has 0 saturated heterocycles. The largest absolute Gasteiger partial charge is 0.469 e. The quantitative estimate of drug-likeness (QED) is 0.896. The van der Waals surface area contributed by atoms with Crippen molar-refractivity contribution in [3.8, 4) is 0 Å². The van der Waals surface area contributed by atoms with Crippen LogP contribution in [0.25, 0.3) is 0 Å². The van der Waals surface area contributed by atoms with Gasteiger partial charge < -0.3 is 15.1 Å². The van der Waals surface area contributed by atoms with E-state index in [4.69, 9.17) is 10.2 Å². The van der Waals surface area contributed by atoms with Crippen molar-refractivity contribution < 1.29 is 4.42 Å². The van der Waals surface area contributed by atoms with Crippen molar-refractivity contribution in [2.75, 3.05) is 18.5 Å². The number of nitrogens with two attached hydrogens (primary N) is 1. The van der Waals surface area contributed by atoms with Gasteiger partial charge >= 0.3 is 0 Å². The average Bonchev–Trinajstić information content (AvgIpc) is 2.78. The highest BCUT2D eigenvalue weighted by Crippen LogP contribution is 2.21. The molecule has 0 aliphatic carbocycles. The second-order valence-electron chi connectivity index (χ2n) is 5.01. The number of aryl methyl sites for hydroxylation is 2. The molecule has 1 aromatic heterocycles. The third kappa shape index (κ3) is 3.18. The van der Waals surface area contributed by atoms with Gasteiger partial charge in [-0.25, -0.2) is 0 Å². The Hall–Kier alpha value is -1.74. The first-order valence-corrected chi connectivity index (χ1v) is 6.65. The average molecular weight is 258 g/mol. The molecule has 2 rings (SSSR count). The predicted molar refractivity (Wildman–Crippen MR) is 79.5 cm³/mol. The van der Waals surface area contributed by atoms with Gasteiger partial charge in [-0.1, -0.05) is 6.07 Å². The summed E-state index contributed by atoms with van der Waals surface area (Å²) < 4.78 is 5.34. The summed E-state index contributed by atoms with van der Waals surface area (Å²) in [7, 11) is 2.10. The lowest BCUT2D eigenvalue weighted by molar-refractivity contribution is 0.529. The van der Waals surface area contributed by atoms with Crippen molar-refractivity contribution in [1.82, 2.24) is 0 Å². The topological polar surface area (TPSA) is 42.4 Å². The Bertz CT molecular complexity index is 545. The van der Waals surface area contributed by atoms with Crippen molar-refractivity contribution in [1.29, 1.82) is 0 Å². The lowest BCUT2D eigenvalue weighted by Crippen LogP contribution is -2.17. The van der Waals surface area contributed by atoms with E-state index in [1.807, 2.05) is 13.0 Å². The van der Waals surface area contributed by atoms with E-state index in [0.29, 0.717) is 6.54 Å². The smallest absolute Gasteiger partial charge is 0.105 e. The highest BCUT2D eigenvalue weighted by Gasteiger charge is 2.07. The van der Waals surface area contributed by atoms with Gasteiger partial charge in [-0.05, 0) is 56.1 Å². The third-order valence-electron chi connectivity index (χ3n) is 3.55. The van der Waals surface area contributed by atoms with Gasteiger partial charge in [-0.2, -0.15) is 0 Å². The van der Waals surface area contributed by atoms with Gasteiger partial charge in [0.1, 0.15) is 5.76 Å². The van der Waals surface area contributed by atoms with E-state index in [-0.39, 0.29) is 0 Å². The first-order valence-electron chi connectivity index (χ1n) is 6.65. The van der Waals surface area contributed by atoms with Crippen molar-refractivity contribution >= 4 is 5.69 Å². The van der Waals surface area contributed by atoms with Crippen molar-refractivity contribution in [2.45, 2.75) is 26.8 Å². The molecule has 0 amide bonds. The zero-order chi connectivity index (χ0) is 13.8. The minimum Gasteiger partial charge on any atom is -0.469 e. The molecule has 102 valence electrons. The number of anilines is 1. The molecule has 0 fully saturated rings.